The van der Waals surface area contributed by atoms with Crippen LogP contribution in [0, 0.1) is 13.8 Å². The maximum atomic E-state index is 13.1. The van der Waals surface area contributed by atoms with Gasteiger partial charge in [-0.3, -0.25) is 14.5 Å². The Morgan fingerprint density at radius 3 is 2.81 bits per heavy atom. The molecule has 8 heteroatoms. The van der Waals surface area contributed by atoms with Crippen molar-refractivity contribution >= 4 is 16.9 Å². The summed E-state index contributed by atoms with van der Waals surface area (Å²) in [6, 6.07) is 7.19. The molecule has 31 heavy (non-hydrogen) atoms. The molecule has 1 aromatic carbocycles. The van der Waals surface area contributed by atoms with E-state index in [2.05, 4.69) is 9.97 Å². The highest BCUT2D eigenvalue weighted by Gasteiger charge is 2.24. The van der Waals surface area contributed by atoms with Crippen LogP contribution in [0.3, 0.4) is 0 Å². The van der Waals surface area contributed by atoms with Gasteiger partial charge in [0.1, 0.15) is 5.58 Å². The fourth-order valence-electron chi connectivity index (χ4n) is 4.03. The van der Waals surface area contributed by atoms with E-state index in [0.29, 0.717) is 59.7 Å². The van der Waals surface area contributed by atoms with E-state index in [-0.39, 0.29) is 16.9 Å². The Labute approximate surface area is 177 Å². The maximum Gasteiger partial charge on any atom is 0.256 e. The topological polar surface area (TPSA) is 118 Å². The summed E-state index contributed by atoms with van der Waals surface area (Å²) in [6.07, 6.45) is 2.13. The van der Waals surface area contributed by atoms with Crippen LogP contribution in [-0.4, -0.2) is 21.4 Å². The molecule has 0 atom stereocenters. The third-order valence-electron chi connectivity index (χ3n) is 5.92. The van der Waals surface area contributed by atoms with Gasteiger partial charge in [-0.15, -0.1) is 0 Å². The lowest BCUT2D eigenvalue weighted by molar-refractivity contribution is 0.240. The van der Waals surface area contributed by atoms with Crippen molar-refractivity contribution in [1.82, 2.24) is 14.9 Å². The van der Waals surface area contributed by atoms with Gasteiger partial charge in [-0.05, 0) is 49.2 Å². The number of hydrogen-bond acceptors (Lipinski definition) is 7. The first kappa shape index (κ1) is 19.3. The van der Waals surface area contributed by atoms with E-state index in [1.54, 1.807) is 18.4 Å². The molecular weight excluding hydrogens is 396 g/mol. The number of furan rings is 1. The van der Waals surface area contributed by atoms with Crippen LogP contribution in [0.25, 0.3) is 22.6 Å². The minimum Gasteiger partial charge on any atom is -0.461 e. The van der Waals surface area contributed by atoms with E-state index in [1.165, 1.54) is 0 Å². The number of nitrogens with one attached hydrogen (secondary N) is 1. The monoisotopic (exact) mass is 418 g/mol. The number of rotatable bonds is 3. The van der Waals surface area contributed by atoms with Gasteiger partial charge in [0.2, 0.25) is 0 Å². The number of benzene rings is 1. The number of nitrogen functional groups attached to an aromatic ring is 1. The number of nitrogens with two attached hydrogens (primary N) is 1. The Hall–Kier alpha value is -3.65. The predicted octanol–water partition coefficient (Wildman–Crippen LogP) is 2.89. The largest absolute Gasteiger partial charge is 0.461 e. The van der Waals surface area contributed by atoms with Crippen LogP contribution in [0.5, 0.6) is 0 Å². The van der Waals surface area contributed by atoms with Gasteiger partial charge in [-0.25, -0.2) is 4.98 Å². The van der Waals surface area contributed by atoms with Crippen molar-refractivity contribution in [2.45, 2.75) is 33.4 Å². The molecule has 4 aromatic rings. The third-order valence-corrected chi connectivity index (χ3v) is 5.92. The smallest absolute Gasteiger partial charge is 0.256 e. The molecule has 3 aromatic heterocycles. The Balaban J connectivity index is 1.47. The van der Waals surface area contributed by atoms with Crippen molar-refractivity contribution in [2.24, 2.45) is 0 Å². The standard InChI is InChI=1S/C23H22N4O4/c1-12-8-14-19(9-13(12)2)31-21(24)16(20(14)28)11-27-6-5-17-15(10-27)23(29)26-22(25-17)18-4-3-7-30-18/h3-4,7-9H,5-6,10-11,24H2,1-2H3,(H,25,26,29). The Morgan fingerprint density at radius 2 is 2.03 bits per heavy atom. The molecule has 0 saturated heterocycles. The van der Waals surface area contributed by atoms with E-state index < -0.39 is 0 Å². The summed E-state index contributed by atoms with van der Waals surface area (Å²) in [5.41, 5.74) is 10.1. The number of nitrogens with zero attached hydrogens (tertiary/aromatic N) is 2. The van der Waals surface area contributed by atoms with Crippen LogP contribution in [0.4, 0.5) is 5.88 Å². The quantitative estimate of drug-likeness (QED) is 0.525. The zero-order valence-electron chi connectivity index (χ0n) is 17.3. The number of H-pyrrole nitrogens is 1. The molecule has 0 saturated carbocycles. The fraction of sp³-hybridized carbons (Fsp3) is 0.261. The Bertz CT molecular complexity index is 1420. The van der Waals surface area contributed by atoms with Crippen molar-refractivity contribution < 1.29 is 8.83 Å². The van der Waals surface area contributed by atoms with Gasteiger partial charge < -0.3 is 19.6 Å². The predicted molar refractivity (Wildman–Crippen MR) is 117 cm³/mol. The van der Waals surface area contributed by atoms with Gasteiger partial charge >= 0.3 is 0 Å². The molecule has 4 heterocycles. The van der Waals surface area contributed by atoms with E-state index >= 15 is 0 Å². The second-order valence-corrected chi connectivity index (χ2v) is 7.98. The highest BCUT2D eigenvalue weighted by atomic mass is 16.3. The molecule has 8 nitrogen and oxygen atoms in total. The molecule has 5 rings (SSSR count). The minimum absolute atomic E-state index is 0.117. The first-order valence-corrected chi connectivity index (χ1v) is 10.1. The molecular formula is C23H22N4O4. The highest BCUT2D eigenvalue weighted by Crippen LogP contribution is 2.24. The van der Waals surface area contributed by atoms with E-state index in [1.807, 2.05) is 30.9 Å². The average molecular weight is 418 g/mol. The van der Waals surface area contributed by atoms with Crippen molar-refractivity contribution in [3.63, 3.8) is 0 Å². The molecule has 1 aliphatic rings. The van der Waals surface area contributed by atoms with Gasteiger partial charge in [0, 0.05) is 26.1 Å². The highest BCUT2D eigenvalue weighted by molar-refractivity contribution is 5.80. The zero-order valence-corrected chi connectivity index (χ0v) is 17.3. The summed E-state index contributed by atoms with van der Waals surface area (Å²) in [5.74, 6) is 1.06. The van der Waals surface area contributed by atoms with E-state index in [4.69, 9.17) is 14.6 Å². The number of anilines is 1. The lowest BCUT2D eigenvalue weighted by Gasteiger charge is -2.27. The fourth-order valence-corrected chi connectivity index (χ4v) is 4.03. The number of hydrogen-bond donors (Lipinski definition) is 2. The second-order valence-electron chi connectivity index (χ2n) is 7.98. The average Bonchev–Trinajstić information content (AvgIpc) is 3.28. The van der Waals surface area contributed by atoms with Gasteiger partial charge in [-0.1, -0.05) is 0 Å². The summed E-state index contributed by atoms with van der Waals surface area (Å²) in [7, 11) is 0. The second kappa shape index (κ2) is 7.24. The van der Waals surface area contributed by atoms with E-state index in [9.17, 15) is 9.59 Å². The van der Waals surface area contributed by atoms with Crippen LogP contribution in [-0.2, 0) is 19.5 Å². The molecule has 1 aliphatic heterocycles. The van der Waals surface area contributed by atoms with Gasteiger partial charge in [0.25, 0.3) is 5.56 Å². The molecule has 0 unspecified atom stereocenters. The van der Waals surface area contributed by atoms with Crippen molar-refractivity contribution in [1.29, 1.82) is 0 Å². The zero-order chi connectivity index (χ0) is 21.7. The molecule has 0 fully saturated rings. The summed E-state index contributed by atoms with van der Waals surface area (Å²) in [5, 5.41) is 0.521. The molecule has 3 N–H and O–H groups in total. The summed E-state index contributed by atoms with van der Waals surface area (Å²) in [6.45, 7) is 5.25. The van der Waals surface area contributed by atoms with Gasteiger partial charge in [-0.2, -0.15) is 0 Å². The summed E-state index contributed by atoms with van der Waals surface area (Å²) >= 11 is 0. The number of fused-ring (bicyclic) bond motifs is 2. The lowest BCUT2D eigenvalue weighted by atomic mass is 10.0. The number of aryl methyl sites for hydroxylation is 2. The Morgan fingerprint density at radius 1 is 1.23 bits per heavy atom. The van der Waals surface area contributed by atoms with Crippen molar-refractivity contribution in [2.75, 3.05) is 12.3 Å². The Kier molecular flexibility index (Phi) is 4.51. The van der Waals surface area contributed by atoms with Gasteiger partial charge in [0.05, 0.1) is 28.5 Å². The summed E-state index contributed by atoms with van der Waals surface area (Å²) in [4.78, 5) is 35.2. The minimum atomic E-state index is -0.203. The van der Waals surface area contributed by atoms with Crippen molar-refractivity contribution in [3.05, 3.63) is 79.1 Å². The van der Waals surface area contributed by atoms with E-state index in [0.717, 1.165) is 16.8 Å². The molecule has 0 bridgehead atoms. The molecule has 0 amide bonds. The normalized spacial score (nSPS) is 14.1. The van der Waals surface area contributed by atoms with Crippen LogP contribution < -0.4 is 16.7 Å². The third kappa shape index (κ3) is 3.34. The molecule has 0 radical (unpaired) electrons. The first-order chi connectivity index (χ1) is 14.9. The maximum absolute atomic E-state index is 13.1. The first-order valence-electron chi connectivity index (χ1n) is 10.1. The van der Waals surface area contributed by atoms with Crippen LogP contribution in [0.15, 0.2) is 49.0 Å². The molecule has 158 valence electrons. The van der Waals surface area contributed by atoms with Gasteiger partial charge in [0.15, 0.2) is 22.9 Å². The SMILES string of the molecule is Cc1cc2oc(N)c(CN3CCc4nc(-c5ccco5)[nH]c(=O)c4C3)c(=O)c2cc1C. The van der Waals surface area contributed by atoms with Crippen LogP contribution in [0.2, 0.25) is 0 Å². The lowest BCUT2D eigenvalue weighted by Crippen LogP contribution is -2.36. The molecule has 0 aliphatic carbocycles. The summed E-state index contributed by atoms with van der Waals surface area (Å²) < 4.78 is 11.1. The van der Waals surface area contributed by atoms with Crippen molar-refractivity contribution in [3.8, 4) is 11.6 Å². The number of aromatic amines is 1. The van der Waals surface area contributed by atoms with Crippen LogP contribution >= 0.6 is 0 Å². The number of aromatic nitrogens is 2. The molecule has 0 spiro atoms. The van der Waals surface area contributed by atoms with Crippen LogP contribution in [0.1, 0.15) is 27.9 Å².